The lowest BCUT2D eigenvalue weighted by Gasteiger charge is -2.35. The number of likely N-dealkylation sites (tertiary alicyclic amines) is 2. The number of aryl methyl sites for hydroxylation is 2. The van der Waals surface area contributed by atoms with E-state index in [0.717, 1.165) is 83.5 Å². The normalized spacial score (nSPS) is 25.2. The molecule has 2 aliphatic heterocycles. The van der Waals surface area contributed by atoms with Crippen LogP contribution < -0.4 is 0 Å². The van der Waals surface area contributed by atoms with Gasteiger partial charge in [-0.25, -0.2) is 4.39 Å². The Kier molecular flexibility index (Phi) is 8.06. The molecule has 5 rings (SSSR count). The molecule has 3 fully saturated rings. The van der Waals surface area contributed by atoms with Gasteiger partial charge in [0.15, 0.2) is 0 Å². The topological polar surface area (TPSA) is 44.5 Å². The summed E-state index contributed by atoms with van der Waals surface area (Å²) >= 11 is 0. The van der Waals surface area contributed by atoms with Gasteiger partial charge >= 0.3 is 0 Å². The van der Waals surface area contributed by atoms with Crippen LogP contribution in [0.2, 0.25) is 0 Å². The van der Waals surface area contributed by atoms with Crippen molar-refractivity contribution in [2.75, 3.05) is 39.3 Å². The standard InChI is InChI=1S/C31H45FN4O/c1-4-28-18-30(36(5-2)33-28)24-11-15-34(16-12-24)19-26-20-35(22-31(23(3)37)13-6-7-14-31)21-29(26)25-9-8-10-27(32)17-25/h8-10,17-18,24,26,29,37H,3-7,11-16,19-22H2,1-2H3/t26-,29+/m0/s1. The van der Waals surface area contributed by atoms with Crippen LogP contribution in [0.5, 0.6) is 0 Å². The summed E-state index contributed by atoms with van der Waals surface area (Å²) in [4.78, 5) is 5.17. The van der Waals surface area contributed by atoms with Crippen LogP contribution in [0.3, 0.4) is 0 Å². The Balaban J connectivity index is 1.27. The highest BCUT2D eigenvalue weighted by molar-refractivity contribution is 5.24. The number of benzene rings is 1. The third-order valence-electron chi connectivity index (χ3n) is 9.51. The number of aliphatic hydroxyl groups is 1. The molecule has 3 heterocycles. The van der Waals surface area contributed by atoms with Crippen LogP contribution in [0.4, 0.5) is 4.39 Å². The lowest BCUT2D eigenvalue weighted by molar-refractivity contribution is 0.143. The fourth-order valence-electron chi connectivity index (χ4n) is 7.39. The van der Waals surface area contributed by atoms with Gasteiger partial charge in [0.25, 0.3) is 0 Å². The summed E-state index contributed by atoms with van der Waals surface area (Å²) in [5, 5.41) is 15.3. The highest BCUT2D eigenvalue weighted by Crippen LogP contribution is 2.45. The molecule has 37 heavy (non-hydrogen) atoms. The molecule has 1 aromatic carbocycles. The summed E-state index contributed by atoms with van der Waals surface area (Å²) in [6, 6.07) is 9.56. The van der Waals surface area contributed by atoms with E-state index in [-0.39, 0.29) is 11.2 Å². The van der Waals surface area contributed by atoms with Gasteiger partial charge in [0.05, 0.1) is 11.5 Å². The first-order valence-corrected chi connectivity index (χ1v) is 14.6. The average molecular weight is 509 g/mol. The zero-order valence-electron chi connectivity index (χ0n) is 22.8. The highest BCUT2D eigenvalue weighted by Gasteiger charge is 2.43. The van der Waals surface area contributed by atoms with E-state index in [2.05, 4.69) is 47.0 Å². The Morgan fingerprint density at radius 1 is 1.11 bits per heavy atom. The van der Waals surface area contributed by atoms with Crippen molar-refractivity contribution in [2.24, 2.45) is 11.3 Å². The Morgan fingerprint density at radius 2 is 1.86 bits per heavy atom. The average Bonchev–Trinajstić information content (AvgIpc) is 3.64. The molecule has 202 valence electrons. The second-order valence-corrected chi connectivity index (χ2v) is 11.9. The van der Waals surface area contributed by atoms with E-state index in [1.54, 1.807) is 12.1 Å². The highest BCUT2D eigenvalue weighted by atomic mass is 19.1. The lowest BCUT2D eigenvalue weighted by atomic mass is 9.84. The first-order valence-electron chi connectivity index (χ1n) is 14.6. The fourth-order valence-corrected chi connectivity index (χ4v) is 7.39. The van der Waals surface area contributed by atoms with E-state index in [1.807, 2.05) is 6.07 Å². The van der Waals surface area contributed by atoms with Gasteiger partial charge < -0.3 is 14.9 Å². The molecule has 0 spiro atoms. The van der Waals surface area contributed by atoms with Gasteiger partial charge in [-0.1, -0.05) is 38.5 Å². The summed E-state index contributed by atoms with van der Waals surface area (Å²) in [5.41, 5.74) is 3.56. The van der Waals surface area contributed by atoms with Gasteiger partial charge in [-0.2, -0.15) is 5.10 Å². The van der Waals surface area contributed by atoms with Crippen molar-refractivity contribution in [1.82, 2.24) is 19.6 Å². The maximum absolute atomic E-state index is 14.2. The first-order chi connectivity index (χ1) is 17.9. The molecule has 3 aliphatic rings. The number of rotatable bonds is 9. The van der Waals surface area contributed by atoms with E-state index in [0.29, 0.717) is 23.5 Å². The zero-order chi connectivity index (χ0) is 26.0. The maximum Gasteiger partial charge on any atom is 0.123 e. The van der Waals surface area contributed by atoms with Crippen molar-refractivity contribution >= 4 is 0 Å². The summed E-state index contributed by atoms with van der Waals surface area (Å²) in [6.07, 6.45) is 7.70. The minimum absolute atomic E-state index is 0.148. The number of hydrogen-bond acceptors (Lipinski definition) is 4. The minimum atomic E-state index is -0.167. The predicted molar refractivity (Wildman–Crippen MR) is 147 cm³/mol. The third-order valence-corrected chi connectivity index (χ3v) is 9.51. The molecule has 6 heteroatoms. The van der Waals surface area contributed by atoms with Crippen molar-refractivity contribution in [3.63, 3.8) is 0 Å². The zero-order valence-corrected chi connectivity index (χ0v) is 22.8. The van der Waals surface area contributed by atoms with Crippen LogP contribution in [0, 0.1) is 17.2 Å². The summed E-state index contributed by atoms with van der Waals surface area (Å²) in [7, 11) is 0. The Bertz CT molecular complexity index is 1070. The smallest absolute Gasteiger partial charge is 0.123 e. The monoisotopic (exact) mass is 508 g/mol. The number of nitrogens with zero attached hydrogens (tertiary/aromatic N) is 4. The Morgan fingerprint density at radius 3 is 2.51 bits per heavy atom. The van der Waals surface area contributed by atoms with Crippen molar-refractivity contribution in [2.45, 2.75) is 77.2 Å². The van der Waals surface area contributed by atoms with Gasteiger partial charge in [0.2, 0.25) is 0 Å². The van der Waals surface area contributed by atoms with Crippen LogP contribution in [0.25, 0.3) is 0 Å². The van der Waals surface area contributed by atoms with Crippen molar-refractivity contribution < 1.29 is 9.50 Å². The maximum atomic E-state index is 14.2. The van der Waals surface area contributed by atoms with Crippen LogP contribution >= 0.6 is 0 Å². The number of aliphatic hydroxyl groups excluding tert-OH is 1. The number of halogens is 1. The van der Waals surface area contributed by atoms with Gasteiger partial charge in [0, 0.05) is 55.7 Å². The molecular formula is C31H45FN4O. The molecule has 2 saturated heterocycles. The van der Waals surface area contributed by atoms with Crippen LogP contribution in [-0.4, -0.2) is 64.0 Å². The van der Waals surface area contributed by atoms with Crippen molar-refractivity contribution in [1.29, 1.82) is 0 Å². The number of aromatic nitrogens is 2. The molecule has 1 saturated carbocycles. The Hall–Kier alpha value is -2.18. The fraction of sp³-hybridized carbons (Fsp3) is 0.645. The first kappa shape index (κ1) is 26.4. The largest absolute Gasteiger partial charge is 0.512 e. The molecule has 0 radical (unpaired) electrons. The summed E-state index contributed by atoms with van der Waals surface area (Å²) in [5.74, 6) is 1.56. The molecular weight excluding hydrogens is 463 g/mol. The van der Waals surface area contributed by atoms with E-state index >= 15 is 0 Å². The molecule has 0 unspecified atom stereocenters. The number of hydrogen-bond donors (Lipinski definition) is 1. The molecule has 0 bridgehead atoms. The van der Waals surface area contributed by atoms with Crippen molar-refractivity contribution in [3.05, 3.63) is 65.4 Å². The minimum Gasteiger partial charge on any atom is -0.512 e. The second kappa shape index (κ2) is 11.3. The van der Waals surface area contributed by atoms with Crippen LogP contribution in [0.1, 0.15) is 81.2 Å². The molecule has 5 nitrogen and oxygen atoms in total. The lowest BCUT2D eigenvalue weighted by Crippen LogP contribution is -2.39. The Labute approximate surface area is 222 Å². The van der Waals surface area contributed by atoms with Crippen LogP contribution in [-0.2, 0) is 13.0 Å². The van der Waals surface area contributed by atoms with Crippen molar-refractivity contribution in [3.8, 4) is 0 Å². The van der Waals surface area contributed by atoms with Crippen LogP contribution in [0.15, 0.2) is 42.7 Å². The van der Waals surface area contributed by atoms with E-state index in [9.17, 15) is 9.50 Å². The number of piperidine rings is 1. The van der Waals surface area contributed by atoms with Gasteiger partial charge in [0.1, 0.15) is 5.82 Å². The molecule has 2 aromatic rings. The quantitative estimate of drug-likeness (QED) is 0.414. The molecule has 1 N–H and O–H groups in total. The van der Waals surface area contributed by atoms with Gasteiger partial charge in [-0.05, 0) is 81.8 Å². The van der Waals surface area contributed by atoms with Gasteiger partial charge in [-0.3, -0.25) is 4.68 Å². The van der Waals surface area contributed by atoms with E-state index in [4.69, 9.17) is 5.10 Å². The molecule has 0 amide bonds. The summed E-state index contributed by atoms with van der Waals surface area (Å²) < 4.78 is 16.4. The molecule has 1 aromatic heterocycles. The van der Waals surface area contributed by atoms with E-state index in [1.165, 1.54) is 24.2 Å². The van der Waals surface area contributed by atoms with E-state index < -0.39 is 0 Å². The predicted octanol–water partition coefficient (Wildman–Crippen LogP) is 6.13. The second-order valence-electron chi connectivity index (χ2n) is 11.9. The molecule has 1 aliphatic carbocycles. The third kappa shape index (κ3) is 5.65. The SMILES string of the molecule is C=C(O)C1(CN2C[C@H](CN3CCC(c4cc(CC)nn4CC)CC3)[C@@H](c3cccc(F)c3)C2)CCCC1. The van der Waals surface area contributed by atoms with Gasteiger partial charge in [-0.15, -0.1) is 0 Å². The molecule has 2 atom stereocenters. The summed E-state index contributed by atoms with van der Waals surface area (Å²) in [6.45, 7) is 15.3.